The minimum atomic E-state index is -0.909. The van der Waals surface area contributed by atoms with Gasteiger partial charge >= 0.3 is 6.09 Å². The van der Waals surface area contributed by atoms with Crippen molar-refractivity contribution in [2.75, 3.05) is 20.2 Å². The number of carbonyl (C=O) groups excluding carboxylic acids is 4. The lowest BCUT2D eigenvalue weighted by atomic mass is 9.86. The number of benzene rings is 3. The van der Waals surface area contributed by atoms with E-state index < -0.39 is 12.1 Å². The maximum Gasteiger partial charge on any atom is 0.407 e. The number of methoxy groups -OCH3 is 1. The Balaban J connectivity index is 1.09. The number of fused-ring (bicyclic) bond motifs is 6. The number of ether oxygens (including phenoxy) is 2. The molecule has 4 amide bonds. The lowest BCUT2D eigenvalue weighted by molar-refractivity contribution is -0.134. The average molecular weight is 773 g/mol. The Bertz CT molecular complexity index is 2270. The number of amides is 4. The number of nitrogens with one attached hydrogen (secondary N) is 4. The fraction of sp³-hybridized carbons (Fsp3) is 0.349. The number of rotatable bonds is 15. The molecule has 3 aromatic carbocycles. The maximum atomic E-state index is 13.9. The number of aromatic amines is 2. The minimum Gasteiger partial charge on any atom is -0.488 e. The van der Waals surface area contributed by atoms with E-state index in [1.807, 2.05) is 39.0 Å². The summed E-state index contributed by atoms with van der Waals surface area (Å²) in [5.74, 6) is 1.72. The lowest BCUT2D eigenvalue weighted by Crippen LogP contribution is -2.43. The van der Waals surface area contributed by atoms with Crippen LogP contribution < -0.4 is 15.4 Å². The van der Waals surface area contributed by atoms with Crippen molar-refractivity contribution in [2.24, 2.45) is 0 Å². The maximum absolute atomic E-state index is 13.9. The second-order valence-electron chi connectivity index (χ2n) is 14.4. The summed E-state index contributed by atoms with van der Waals surface area (Å²) in [5, 5.41) is 5.18. The summed E-state index contributed by atoms with van der Waals surface area (Å²) < 4.78 is 11.2. The minimum absolute atomic E-state index is 0.0139. The van der Waals surface area contributed by atoms with Crippen molar-refractivity contribution in [1.82, 2.24) is 40.4 Å². The number of hydrogen-bond donors (Lipinski definition) is 4. The third-order valence-corrected chi connectivity index (χ3v) is 10.7. The van der Waals surface area contributed by atoms with Crippen LogP contribution in [0.5, 0.6) is 5.75 Å². The quantitative estimate of drug-likeness (QED) is 0.0962. The zero-order valence-corrected chi connectivity index (χ0v) is 32.7. The summed E-state index contributed by atoms with van der Waals surface area (Å²) in [6.07, 6.45) is 4.76. The van der Waals surface area contributed by atoms with Crippen LogP contribution in [0.3, 0.4) is 0 Å². The van der Waals surface area contributed by atoms with E-state index in [0.29, 0.717) is 43.3 Å². The molecule has 296 valence electrons. The van der Waals surface area contributed by atoms with E-state index in [9.17, 15) is 19.2 Å². The van der Waals surface area contributed by atoms with Crippen LogP contribution in [0.4, 0.5) is 4.79 Å². The van der Waals surface area contributed by atoms with E-state index in [1.54, 1.807) is 28.1 Å². The van der Waals surface area contributed by atoms with Crippen LogP contribution in [0.1, 0.15) is 73.7 Å². The number of aromatic nitrogens is 4. The number of hydrogen-bond acceptors (Lipinski definition) is 8. The van der Waals surface area contributed by atoms with Gasteiger partial charge in [0, 0.05) is 29.4 Å². The van der Waals surface area contributed by atoms with Gasteiger partial charge in [-0.2, -0.15) is 0 Å². The van der Waals surface area contributed by atoms with Crippen molar-refractivity contribution < 1.29 is 28.7 Å². The van der Waals surface area contributed by atoms with Gasteiger partial charge in [0.2, 0.25) is 18.2 Å². The van der Waals surface area contributed by atoms with Gasteiger partial charge in [0.05, 0.1) is 44.3 Å². The van der Waals surface area contributed by atoms with Crippen LogP contribution >= 0.6 is 0 Å². The van der Waals surface area contributed by atoms with Gasteiger partial charge in [-0.1, -0.05) is 56.3 Å². The first kappa shape index (κ1) is 38.8. The second kappa shape index (κ2) is 17.1. The highest BCUT2D eigenvalue weighted by atomic mass is 16.5. The molecule has 0 saturated heterocycles. The number of nitrogens with zero attached hydrogens (tertiary/aromatic N) is 4. The van der Waals surface area contributed by atoms with Gasteiger partial charge in [-0.3, -0.25) is 14.4 Å². The Labute approximate surface area is 331 Å². The molecule has 2 aliphatic rings. The van der Waals surface area contributed by atoms with Gasteiger partial charge in [0.15, 0.2) is 0 Å². The van der Waals surface area contributed by atoms with Gasteiger partial charge in [-0.05, 0) is 78.6 Å². The largest absolute Gasteiger partial charge is 0.488 e. The Morgan fingerprint density at radius 3 is 2.54 bits per heavy atom. The van der Waals surface area contributed by atoms with Crippen molar-refractivity contribution in [3.8, 4) is 39.4 Å². The molecule has 7 rings (SSSR count). The molecule has 4 N–H and O–H groups in total. The molecule has 1 aliphatic carbocycles. The topological polar surface area (TPSA) is 175 Å². The predicted octanol–water partition coefficient (Wildman–Crippen LogP) is 5.83. The summed E-state index contributed by atoms with van der Waals surface area (Å²) in [7, 11) is 1.27. The van der Waals surface area contributed by atoms with E-state index in [1.165, 1.54) is 12.7 Å². The molecule has 0 saturated carbocycles. The average Bonchev–Trinajstić information content (AvgIpc) is 3.89. The molecule has 14 heteroatoms. The molecule has 2 aromatic heterocycles. The molecule has 1 aliphatic heterocycles. The first-order valence-electron chi connectivity index (χ1n) is 19.4. The summed E-state index contributed by atoms with van der Waals surface area (Å²) in [5.41, 5.74) is 9.74. The van der Waals surface area contributed by atoms with Crippen LogP contribution in [0.15, 0.2) is 66.9 Å². The molecule has 57 heavy (non-hydrogen) atoms. The van der Waals surface area contributed by atoms with E-state index in [-0.39, 0.29) is 30.9 Å². The molecule has 0 fully saturated rings. The first-order chi connectivity index (χ1) is 27.7. The number of imidazole rings is 2. The smallest absolute Gasteiger partial charge is 0.407 e. The highest BCUT2D eigenvalue weighted by Crippen LogP contribution is 2.44. The van der Waals surface area contributed by atoms with Gasteiger partial charge < -0.3 is 39.9 Å². The van der Waals surface area contributed by atoms with Crippen LogP contribution in [-0.4, -0.2) is 80.3 Å². The van der Waals surface area contributed by atoms with Crippen molar-refractivity contribution in [3.63, 3.8) is 0 Å². The molecule has 0 bridgehead atoms. The fourth-order valence-corrected chi connectivity index (χ4v) is 7.58. The normalized spacial score (nSPS) is 13.4. The van der Waals surface area contributed by atoms with E-state index >= 15 is 0 Å². The summed E-state index contributed by atoms with van der Waals surface area (Å²) in [6, 6.07) is 18.8. The van der Waals surface area contributed by atoms with Crippen molar-refractivity contribution in [2.45, 2.75) is 78.2 Å². The Morgan fingerprint density at radius 2 is 1.79 bits per heavy atom. The molecular formula is C43H48N8O6. The SMILES string of the molecule is CCCN(Cc1ncc(-c2ccc3c(c2)COc2cc4c(cc2-3)CCc2[nH]c(CN(C(=O)CNC=O)[C@@H](C)CC)nc2-4)[nH]1)C(=O)[C@H](NC(=O)OC)c1ccccc1. The molecular weight excluding hydrogens is 725 g/mol. The number of H-pyrrole nitrogens is 2. The van der Waals surface area contributed by atoms with E-state index in [4.69, 9.17) is 14.5 Å². The van der Waals surface area contributed by atoms with Gasteiger partial charge in [-0.25, -0.2) is 14.8 Å². The fourth-order valence-electron chi connectivity index (χ4n) is 7.58. The number of aryl methyl sites for hydroxylation is 2. The molecule has 0 radical (unpaired) electrons. The highest BCUT2D eigenvalue weighted by molar-refractivity contribution is 5.87. The number of alkyl carbamates (subject to hydrolysis) is 1. The van der Waals surface area contributed by atoms with Crippen molar-refractivity contribution in [3.05, 3.63) is 101 Å². The summed E-state index contributed by atoms with van der Waals surface area (Å²) in [4.78, 5) is 69.8. The standard InChI is InChI=1S/C43H48N8O6/c1-5-16-50(42(54)40(49-43(55)56-4)27-10-8-7-9-11-27)22-37-45-20-35(47-37)29-12-14-31-30(17-29)24-57-36-19-32-28(18-33(31)36)13-15-34-41(32)48-38(46-34)23-51(26(3)6-2)39(53)21-44-25-52/h7-12,14,17-20,25-26,40H,5-6,13,15-16,21-24H2,1-4H3,(H,44,52)(H,45,47)(H,46,48)(H,49,55)/t26-,40+/m0/s1. The van der Waals surface area contributed by atoms with Crippen molar-refractivity contribution in [1.29, 1.82) is 0 Å². The molecule has 0 unspecified atom stereocenters. The van der Waals surface area contributed by atoms with Crippen molar-refractivity contribution >= 4 is 24.3 Å². The van der Waals surface area contributed by atoms with Crippen LogP contribution in [0, 0.1) is 0 Å². The lowest BCUT2D eigenvalue weighted by Gasteiger charge is -2.27. The van der Waals surface area contributed by atoms with Crippen LogP contribution in [0.2, 0.25) is 0 Å². The Hall–Kier alpha value is -6.44. The highest BCUT2D eigenvalue weighted by Gasteiger charge is 2.30. The Morgan fingerprint density at radius 1 is 0.965 bits per heavy atom. The predicted molar refractivity (Wildman–Crippen MR) is 214 cm³/mol. The Kier molecular flexibility index (Phi) is 11.7. The van der Waals surface area contributed by atoms with E-state index in [0.717, 1.165) is 76.3 Å². The molecule has 3 heterocycles. The van der Waals surface area contributed by atoms with Gasteiger partial charge in [0.1, 0.15) is 30.0 Å². The molecule has 14 nitrogen and oxygen atoms in total. The van der Waals surface area contributed by atoms with Crippen LogP contribution in [0.25, 0.3) is 33.6 Å². The molecule has 2 atom stereocenters. The van der Waals surface area contributed by atoms with Gasteiger partial charge in [0.25, 0.3) is 0 Å². The monoisotopic (exact) mass is 772 g/mol. The van der Waals surface area contributed by atoms with Gasteiger partial charge in [-0.15, -0.1) is 0 Å². The zero-order chi connectivity index (χ0) is 40.1. The third-order valence-electron chi connectivity index (χ3n) is 10.7. The summed E-state index contributed by atoms with van der Waals surface area (Å²) in [6.45, 7) is 7.39. The molecule has 5 aromatic rings. The zero-order valence-electron chi connectivity index (χ0n) is 32.7. The van der Waals surface area contributed by atoms with E-state index in [2.05, 4.69) is 55.9 Å². The first-order valence-corrected chi connectivity index (χ1v) is 19.4. The number of carbonyl (C=O) groups is 4. The molecule has 0 spiro atoms. The second-order valence-corrected chi connectivity index (χ2v) is 14.4. The van der Waals surface area contributed by atoms with Crippen LogP contribution in [-0.2, 0) is 51.7 Å². The summed E-state index contributed by atoms with van der Waals surface area (Å²) >= 11 is 0. The third kappa shape index (κ3) is 8.25.